The lowest BCUT2D eigenvalue weighted by atomic mass is 10.0. The second-order valence-corrected chi connectivity index (χ2v) is 5.76. The van der Waals surface area contributed by atoms with Crippen molar-refractivity contribution in [1.82, 2.24) is 0 Å². The zero-order valence-corrected chi connectivity index (χ0v) is 13.8. The van der Waals surface area contributed by atoms with E-state index >= 15 is 0 Å². The maximum Gasteiger partial charge on any atom is 0.335 e. The minimum atomic E-state index is -1.32. The third kappa shape index (κ3) is 3.96. The SMILES string of the molecule is O=C(O)c1ccc(NC(=O)C(O)c2ccc(-c3ccccc3)cc2)cc1. The molecule has 130 valence electrons. The summed E-state index contributed by atoms with van der Waals surface area (Å²) in [5, 5.41) is 21.7. The molecule has 0 aliphatic carbocycles. The van der Waals surface area contributed by atoms with Crippen molar-refractivity contribution in [3.63, 3.8) is 0 Å². The number of rotatable bonds is 5. The van der Waals surface area contributed by atoms with Gasteiger partial charge >= 0.3 is 5.97 Å². The van der Waals surface area contributed by atoms with Crippen molar-refractivity contribution in [2.75, 3.05) is 5.32 Å². The van der Waals surface area contributed by atoms with Crippen LogP contribution in [0.3, 0.4) is 0 Å². The fourth-order valence-electron chi connectivity index (χ4n) is 2.55. The number of carboxylic acid groups (broad SMARTS) is 1. The molecule has 0 bridgehead atoms. The van der Waals surface area contributed by atoms with Crippen LogP contribution < -0.4 is 5.32 Å². The molecule has 3 N–H and O–H groups in total. The number of carbonyl (C=O) groups is 2. The first-order chi connectivity index (χ1) is 12.5. The van der Waals surface area contributed by atoms with Gasteiger partial charge in [-0.25, -0.2) is 4.79 Å². The van der Waals surface area contributed by atoms with Crippen LogP contribution in [0.4, 0.5) is 5.69 Å². The third-order valence-electron chi connectivity index (χ3n) is 3.98. The molecule has 26 heavy (non-hydrogen) atoms. The van der Waals surface area contributed by atoms with Crippen molar-refractivity contribution >= 4 is 17.6 Å². The standard InChI is InChI=1S/C21H17NO4/c23-19(20(24)22-18-12-10-17(11-13-18)21(25)26)16-8-6-15(7-9-16)14-4-2-1-3-5-14/h1-13,19,23H,(H,22,24)(H,25,26). The van der Waals surface area contributed by atoms with Gasteiger partial charge in [0.25, 0.3) is 5.91 Å². The van der Waals surface area contributed by atoms with Crippen LogP contribution in [0.5, 0.6) is 0 Å². The van der Waals surface area contributed by atoms with E-state index in [9.17, 15) is 14.7 Å². The number of aromatic carboxylic acids is 1. The molecule has 0 aliphatic heterocycles. The number of hydrogen-bond donors (Lipinski definition) is 3. The van der Waals surface area contributed by atoms with E-state index < -0.39 is 18.0 Å². The number of benzene rings is 3. The molecule has 0 aliphatic rings. The summed E-state index contributed by atoms with van der Waals surface area (Å²) in [6.07, 6.45) is -1.32. The monoisotopic (exact) mass is 347 g/mol. The van der Waals surface area contributed by atoms with Crippen molar-refractivity contribution in [3.8, 4) is 11.1 Å². The molecule has 1 unspecified atom stereocenters. The van der Waals surface area contributed by atoms with E-state index in [1.165, 1.54) is 24.3 Å². The number of hydrogen-bond acceptors (Lipinski definition) is 3. The molecular formula is C21H17NO4. The summed E-state index contributed by atoms with van der Waals surface area (Å²) in [5.41, 5.74) is 3.06. The Bertz CT molecular complexity index is 903. The number of nitrogens with one attached hydrogen (secondary N) is 1. The Morgan fingerprint density at radius 2 is 1.35 bits per heavy atom. The van der Waals surface area contributed by atoms with E-state index in [-0.39, 0.29) is 5.56 Å². The maximum atomic E-state index is 12.2. The summed E-state index contributed by atoms with van der Waals surface area (Å²) in [4.78, 5) is 23.0. The molecule has 0 saturated carbocycles. The lowest BCUT2D eigenvalue weighted by Gasteiger charge is -2.12. The molecule has 1 atom stereocenters. The first-order valence-corrected chi connectivity index (χ1v) is 8.02. The Hall–Kier alpha value is -3.44. The molecule has 0 aromatic heterocycles. The molecule has 0 radical (unpaired) electrons. The molecule has 3 aromatic carbocycles. The predicted molar refractivity (Wildman–Crippen MR) is 98.9 cm³/mol. The average Bonchev–Trinajstić information content (AvgIpc) is 2.68. The van der Waals surface area contributed by atoms with Gasteiger partial charge in [-0.2, -0.15) is 0 Å². The number of amides is 1. The minimum absolute atomic E-state index is 0.125. The van der Waals surface area contributed by atoms with Crippen LogP contribution in [0.15, 0.2) is 78.9 Å². The highest BCUT2D eigenvalue weighted by atomic mass is 16.4. The highest BCUT2D eigenvalue weighted by Gasteiger charge is 2.17. The summed E-state index contributed by atoms with van der Waals surface area (Å²) < 4.78 is 0. The van der Waals surface area contributed by atoms with Crippen LogP contribution in [0.25, 0.3) is 11.1 Å². The van der Waals surface area contributed by atoms with Crippen molar-refractivity contribution in [3.05, 3.63) is 90.0 Å². The van der Waals surface area contributed by atoms with Gasteiger partial charge in [0.1, 0.15) is 0 Å². The summed E-state index contributed by atoms with van der Waals surface area (Å²) in [6, 6.07) is 22.7. The quantitative estimate of drug-likeness (QED) is 0.656. The fourth-order valence-corrected chi connectivity index (χ4v) is 2.55. The zero-order valence-electron chi connectivity index (χ0n) is 13.8. The van der Waals surface area contributed by atoms with Crippen molar-refractivity contribution in [1.29, 1.82) is 0 Å². The number of anilines is 1. The van der Waals surface area contributed by atoms with Crippen LogP contribution in [0, 0.1) is 0 Å². The minimum Gasteiger partial charge on any atom is -0.478 e. The second-order valence-electron chi connectivity index (χ2n) is 5.76. The normalized spacial score (nSPS) is 11.6. The second kappa shape index (κ2) is 7.63. The van der Waals surface area contributed by atoms with Crippen molar-refractivity contribution in [2.45, 2.75) is 6.10 Å². The van der Waals surface area contributed by atoms with Crippen LogP contribution in [-0.4, -0.2) is 22.1 Å². The molecular weight excluding hydrogens is 330 g/mol. The summed E-state index contributed by atoms with van der Waals surface area (Å²) >= 11 is 0. The average molecular weight is 347 g/mol. The zero-order chi connectivity index (χ0) is 18.5. The predicted octanol–water partition coefficient (Wildman–Crippen LogP) is 3.72. The topological polar surface area (TPSA) is 86.6 Å². The molecule has 5 heteroatoms. The molecule has 5 nitrogen and oxygen atoms in total. The lowest BCUT2D eigenvalue weighted by Crippen LogP contribution is -2.20. The van der Waals surface area contributed by atoms with Gasteiger partial charge in [-0.05, 0) is 41.0 Å². The van der Waals surface area contributed by atoms with Crippen LogP contribution in [0.1, 0.15) is 22.0 Å². The van der Waals surface area contributed by atoms with Gasteiger partial charge in [-0.1, -0.05) is 54.6 Å². The Labute approximate surface area is 150 Å². The molecule has 3 rings (SSSR count). The largest absolute Gasteiger partial charge is 0.478 e. The molecule has 1 amide bonds. The fraction of sp³-hybridized carbons (Fsp3) is 0.0476. The molecule has 0 heterocycles. The number of carboxylic acids is 1. The highest BCUT2D eigenvalue weighted by molar-refractivity contribution is 5.95. The van der Waals surface area contributed by atoms with E-state index in [1.807, 2.05) is 42.5 Å². The highest BCUT2D eigenvalue weighted by Crippen LogP contribution is 2.22. The molecule has 0 saturated heterocycles. The first kappa shape index (κ1) is 17.4. The molecule has 0 spiro atoms. The van der Waals surface area contributed by atoms with Gasteiger partial charge in [0.2, 0.25) is 0 Å². The van der Waals surface area contributed by atoms with E-state index in [4.69, 9.17) is 5.11 Å². The smallest absolute Gasteiger partial charge is 0.335 e. The van der Waals surface area contributed by atoms with Crippen LogP contribution in [0.2, 0.25) is 0 Å². The van der Waals surface area contributed by atoms with E-state index in [0.29, 0.717) is 11.3 Å². The van der Waals surface area contributed by atoms with Gasteiger partial charge in [-0.15, -0.1) is 0 Å². The van der Waals surface area contributed by atoms with Gasteiger partial charge in [0.15, 0.2) is 6.10 Å². The first-order valence-electron chi connectivity index (χ1n) is 8.02. The number of aliphatic hydroxyl groups is 1. The summed E-state index contributed by atoms with van der Waals surface area (Å²) in [5.74, 6) is -1.62. The molecule has 3 aromatic rings. The molecule has 0 fully saturated rings. The van der Waals surface area contributed by atoms with Crippen molar-refractivity contribution in [2.24, 2.45) is 0 Å². The Kier molecular flexibility index (Phi) is 5.10. The summed E-state index contributed by atoms with van der Waals surface area (Å²) in [6.45, 7) is 0. The summed E-state index contributed by atoms with van der Waals surface area (Å²) in [7, 11) is 0. The maximum absolute atomic E-state index is 12.2. The van der Waals surface area contributed by atoms with Gasteiger partial charge in [0, 0.05) is 5.69 Å². The van der Waals surface area contributed by atoms with E-state index in [1.54, 1.807) is 12.1 Å². The van der Waals surface area contributed by atoms with E-state index in [2.05, 4.69) is 5.32 Å². The Morgan fingerprint density at radius 3 is 1.92 bits per heavy atom. The van der Waals surface area contributed by atoms with Gasteiger partial charge in [-0.3, -0.25) is 4.79 Å². The van der Waals surface area contributed by atoms with E-state index in [0.717, 1.165) is 11.1 Å². The van der Waals surface area contributed by atoms with Gasteiger partial charge < -0.3 is 15.5 Å². The Morgan fingerprint density at radius 1 is 0.769 bits per heavy atom. The number of carbonyl (C=O) groups excluding carboxylic acids is 1. The third-order valence-corrected chi connectivity index (χ3v) is 3.98. The van der Waals surface area contributed by atoms with Crippen LogP contribution >= 0.6 is 0 Å². The Balaban J connectivity index is 1.69. The van der Waals surface area contributed by atoms with Gasteiger partial charge in [0.05, 0.1) is 5.56 Å². The number of aliphatic hydroxyl groups excluding tert-OH is 1. The lowest BCUT2D eigenvalue weighted by molar-refractivity contribution is -0.124. The van der Waals surface area contributed by atoms with Crippen molar-refractivity contribution < 1.29 is 19.8 Å². The van der Waals surface area contributed by atoms with Crippen LogP contribution in [-0.2, 0) is 4.79 Å².